The molecule has 140 valence electrons. The number of hydrogen-bond acceptors (Lipinski definition) is 2. The molecule has 0 bridgehead atoms. The summed E-state index contributed by atoms with van der Waals surface area (Å²) in [7, 11) is 0. The van der Waals surface area contributed by atoms with Crippen LogP contribution < -0.4 is 5.32 Å². The molecule has 2 aromatic rings. The van der Waals surface area contributed by atoms with E-state index in [9.17, 15) is 9.59 Å². The van der Waals surface area contributed by atoms with Gasteiger partial charge in [0.05, 0.1) is 0 Å². The van der Waals surface area contributed by atoms with Gasteiger partial charge in [-0.15, -0.1) is 0 Å². The molecule has 27 heavy (non-hydrogen) atoms. The largest absolute Gasteiger partial charge is 0.339 e. The van der Waals surface area contributed by atoms with Gasteiger partial charge in [-0.3, -0.25) is 9.59 Å². The van der Waals surface area contributed by atoms with Crippen LogP contribution in [0.5, 0.6) is 0 Å². The zero-order valence-electron chi connectivity index (χ0n) is 15.9. The molecule has 0 atom stereocenters. The van der Waals surface area contributed by atoms with Crippen LogP contribution in [-0.4, -0.2) is 29.8 Å². The minimum Gasteiger partial charge on any atom is -0.339 e. The van der Waals surface area contributed by atoms with E-state index >= 15 is 0 Å². The Bertz CT molecular complexity index is 835. The summed E-state index contributed by atoms with van der Waals surface area (Å²) >= 11 is 0. The average molecular weight is 362 g/mol. The quantitative estimate of drug-likeness (QED) is 0.829. The second-order valence-electron chi connectivity index (χ2n) is 7.15. The van der Waals surface area contributed by atoms with Crippen molar-refractivity contribution < 1.29 is 9.59 Å². The number of amides is 2. The van der Waals surface area contributed by atoms with Crippen molar-refractivity contribution in [3.63, 3.8) is 0 Å². The minimum atomic E-state index is -0.0439. The van der Waals surface area contributed by atoms with Crippen molar-refractivity contribution in [1.82, 2.24) is 4.90 Å². The van der Waals surface area contributed by atoms with E-state index in [-0.39, 0.29) is 17.7 Å². The Balaban J connectivity index is 1.51. The maximum absolute atomic E-state index is 12.5. The molecule has 0 spiro atoms. The summed E-state index contributed by atoms with van der Waals surface area (Å²) in [6.45, 7) is 5.34. The Hall–Kier alpha value is -2.88. The van der Waals surface area contributed by atoms with Crippen molar-refractivity contribution in [3.8, 4) is 0 Å². The highest BCUT2D eigenvalue weighted by molar-refractivity contribution is 5.94. The van der Waals surface area contributed by atoms with Gasteiger partial charge in [0.1, 0.15) is 0 Å². The molecule has 0 radical (unpaired) electrons. The molecule has 0 saturated carbocycles. The Labute approximate surface area is 160 Å². The fraction of sp³-hybridized carbons (Fsp3) is 0.304. The summed E-state index contributed by atoms with van der Waals surface area (Å²) in [5, 5.41) is 2.96. The Morgan fingerprint density at radius 2 is 1.74 bits per heavy atom. The number of aryl methyl sites for hydroxylation is 2. The van der Waals surface area contributed by atoms with Crippen molar-refractivity contribution in [2.45, 2.75) is 26.7 Å². The first-order chi connectivity index (χ1) is 13.0. The number of hydrogen-bond donors (Lipinski definition) is 1. The molecule has 4 heteroatoms. The SMILES string of the molecule is Cc1ccc(C=CC(=O)N2CCC(C(=O)Nc3ccccc3)CC2)c(C)c1. The van der Waals surface area contributed by atoms with E-state index in [1.54, 1.807) is 6.08 Å². The molecule has 1 N–H and O–H groups in total. The average Bonchev–Trinajstić information content (AvgIpc) is 2.68. The lowest BCUT2D eigenvalue weighted by atomic mass is 9.95. The summed E-state index contributed by atoms with van der Waals surface area (Å²) in [5.41, 5.74) is 4.26. The second-order valence-corrected chi connectivity index (χ2v) is 7.15. The predicted molar refractivity (Wildman–Crippen MR) is 109 cm³/mol. The maximum atomic E-state index is 12.5. The molecule has 3 rings (SSSR count). The topological polar surface area (TPSA) is 49.4 Å². The van der Waals surface area contributed by atoms with Crippen molar-refractivity contribution >= 4 is 23.6 Å². The summed E-state index contributed by atoms with van der Waals surface area (Å²) < 4.78 is 0. The third-order valence-electron chi connectivity index (χ3n) is 5.05. The highest BCUT2D eigenvalue weighted by Gasteiger charge is 2.26. The van der Waals surface area contributed by atoms with E-state index in [0.29, 0.717) is 25.9 Å². The molecule has 2 amide bonds. The van der Waals surface area contributed by atoms with Crippen molar-refractivity contribution in [2.24, 2.45) is 5.92 Å². The van der Waals surface area contributed by atoms with Crippen LogP contribution >= 0.6 is 0 Å². The molecule has 0 aliphatic carbocycles. The summed E-state index contributed by atoms with van der Waals surface area (Å²) in [6.07, 6.45) is 4.91. The molecule has 2 aromatic carbocycles. The Morgan fingerprint density at radius 1 is 1.04 bits per heavy atom. The van der Waals surface area contributed by atoms with Crippen LogP contribution in [0, 0.1) is 19.8 Å². The van der Waals surface area contributed by atoms with Gasteiger partial charge in [0, 0.05) is 30.8 Å². The fourth-order valence-electron chi connectivity index (χ4n) is 3.41. The molecule has 1 fully saturated rings. The number of rotatable bonds is 4. The normalized spacial score (nSPS) is 15.1. The molecule has 1 heterocycles. The Kier molecular flexibility index (Phi) is 6.07. The van der Waals surface area contributed by atoms with Crippen LogP contribution in [0.15, 0.2) is 54.6 Å². The smallest absolute Gasteiger partial charge is 0.246 e. The Morgan fingerprint density at radius 3 is 2.41 bits per heavy atom. The van der Waals surface area contributed by atoms with Gasteiger partial charge < -0.3 is 10.2 Å². The van der Waals surface area contributed by atoms with Crippen molar-refractivity contribution in [2.75, 3.05) is 18.4 Å². The zero-order chi connectivity index (χ0) is 19.2. The van der Waals surface area contributed by atoms with Crippen LogP contribution in [0.25, 0.3) is 6.08 Å². The first kappa shape index (κ1) is 18.9. The summed E-state index contributed by atoms with van der Waals surface area (Å²) in [4.78, 5) is 26.7. The van der Waals surface area contributed by atoms with Gasteiger partial charge in [-0.25, -0.2) is 0 Å². The number of benzene rings is 2. The fourth-order valence-corrected chi connectivity index (χ4v) is 3.41. The zero-order valence-corrected chi connectivity index (χ0v) is 15.9. The van der Waals surface area contributed by atoms with Gasteiger partial charge in [-0.05, 0) is 56.0 Å². The number of nitrogens with one attached hydrogen (secondary N) is 1. The highest BCUT2D eigenvalue weighted by atomic mass is 16.2. The molecular weight excluding hydrogens is 336 g/mol. The molecule has 1 aliphatic heterocycles. The summed E-state index contributed by atoms with van der Waals surface area (Å²) in [5.74, 6) is 0.00796. The van der Waals surface area contributed by atoms with Crippen LogP contribution in [0.3, 0.4) is 0 Å². The molecule has 1 aliphatic rings. The van der Waals surface area contributed by atoms with E-state index < -0.39 is 0 Å². The van der Waals surface area contributed by atoms with Gasteiger partial charge in [-0.2, -0.15) is 0 Å². The number of anilines is 1. The van der Waals surface area contributed by atoms with Crippen LogP contribution in [-0.2, 0) is 9.59 Å². The number of carbonyl (C=O) groups excluding carboxylic acids is 2. The molecule has 4 nitrogen and oxygen atoms in total. The van der Waals surface area contributed by atoms with E-state index in [4.69, 9.17) is 0 Å². The lowest BCUT2D eigenvalue weighted by Gasteiger charge is -2.30. The van der Waals surface area contributed by atoms with E-state index in [0.717, 1.165) is 16.8 Å². The molecule has 0 aromatic heterocycles. The monoisotopic (exact) mass is 362 g/mol. The van der Waals surface area contributed by atoms with E-state index in [1.807, 2.05) is 60.4 Å². The highest BCUT2D eigenvalue weighted by Crippen LogP contribution is 2.20. The number of para-hydroxylation sites is 1. The third-order valence-corrected chi connectivity index (χ3v) is 5.05. The number of nitrogens with zero attached hydrogens (tertiary/aromatic N) is 1. The van der Waals surface area contributed by atoms with Crippen LogP contribution in [0.2, 0.25) is 0 Å². The van der Waals surface area contributed by atoms with Crippen molar-refractivity contribution in [1.29, 1.82) is 0 Å². The van der Waals surface area contributed by atoms with E-state index in [2.05, 4.69) is 18.3 Å². The minimum absolute atomic E-state index is 0.0110. The summed E-state index contributed by atoms with van der Waals surface area (Å²) in [6, 6.07) is 15.7. The standard InChI is InChI=1S/C23H26N2O2/c1-17-8-9-19(18(2)16-17)10-11-22(26)25-14-12-20(13-15-25)23(27)24-21-6-4-3-5-7-21/h3-11,16,20H,12-15H2,1-2H3,(H,24,27). The molecular formula is C23H26N2O2. The third kappa shape index (κ3) is 5.07. The first-order valence-corrected chi connectivity index (χ1v) is 9.43. The number of piperidine rings is 1. The second kappa shape index (κ2) is 8.67. The van der Waals surface area contributed by atoms with Crippen LogP contribution in [0.4, 0.5) is 5.69 Å². The van der Waals surface area contributed by atoms with E-state index in [1.165, 1.54) is 5.56 Å². The van der Waals surface area contributed by atoms with Gasteiger partial charge in [0.2, 0.25) is 11.8 Å². The van der Waals surface area contributed by atoms with Gasteiger partial charge in [0.25, 0.3) is 0 Å². The van der Waals surface area contributed by atoms with Crippen LogP contribution in [0.1, 0.15) is 29.5 Å². The van der Waals surface area contributed by atoms with Crippen molar-refractivity contribution in [3.05, 3.63) is 71.3 Å². The number of likely N-dealkylation sites (tertiary alicyclic amines) is 1. The molecule has 1 saturated heterocycles. The molecule has 0 unspecified atom stereocenters. The lowest BCUT2D eigenvalue weighted by Crippen LogP contribution is -2.40. The van der Waals surface area contributed by atoms with Gasteiger partial charge in [0.15, 0.2) is 0 Å². The lowest BCUT2D eigenvalue weighted by molar-refractivity contribution is -0.130. The van der Waals surface area contributed by atoms with Gasteiger partial charge >= 0.3 is 0 Å². The number of carbonyl (C=O) groups is 2. The predicted octanol–water partition coefficient (Wildman–Crippen LogP) is 4.19. The maximum Gasteiger partial charge on any atom is 0.246 e. The van der Waals surface area contributed by atoms with Gasteiger partial charge in [-0.1, -0.05) is 42.0 Å². The first-order valence-electron chi connectivity index (χ1n) is 9.43.